The standard InChI is InChI=1S/C14H19FO/c15-13-6-8-14(9-7-13)16-11-10-12-4-2-1-3-5-12/h6-9,12H,1-5,10-11H2. The van der Waals surface area contributed by atoms with Crippen LogP contribution in [0.1, 0.15) is 38.5 Å². The van der Waals surface area contributed by atoms with Gasteiger partial charge in [-0.2, -0.15) is 0 Å². The highest BCUT2D eigenvalue weighted by Crippen LogP contribution is 2.26. The van der Waals surface area contributed by atoms with E-state index >= 15 is 0 Å². The van der Waals surface area contributed by atoms with Gasteiger partial charge < -0.3 is 4.74 Å². The van der Waals surface area contributed by atoms with E-state index in [4.69, 9.17) is 4.74 Å². The van der Waals surface area contributed by atoms with Gasteiger partial charge in [-0.05, 0) is 36.6 Å². The Morgan fingerprint density at radius 1 is 1.06 bits per heavy atom. The molecular formula is C14H19FO. The van der Waals surface area contributed by atoms with E-state index < -0.39 is 0 Å². The lowest BCUT2D eigenvalue weighted by Crippen LogP contribution is -2.10. The van der Waals surface area contributed by atoms with Gasteiger partial charge in [-0.3, -0.25) is 0 Å². The minimum Gasteiger partial charge on any atom is -0.494 e. The van der Waals surface area contributed by atoms with Crippen molar-refractivity contribution in [1.82, 2.24) is 0 Å². The predicted molar refractivity (Wildman–Crippen MR) is 63.1 cm³/mol. The van der Waals surface area contributed by atoms with Crippen molar-refractivity contribution < 1.29 is 9.13 Å². The van der Waals surface area contributed by atoms with Crippen LogP contribution in [0.25, 0.3) is 0 Å². The second-order valence-electron chi connectivity index (χ2n) is 4.60. The van der Waals surface area contributed by atoms with Crippen molar-refractivity contribution >= 4 is 0 Å². The van der Waals surface area contributed by atoms with Crippen molar-refractivity contribution in [3.8, 4) is 5.75 Å². The van der Waals surface area contributed by atoms with Crippen LogP contribution in [-0.2, 0) is 0 Å². The van der Waals surface area contributed by atoms with Gasteiger partial charge in [0.1, 0.15) is 11.6 Å². The van der Waals surface area contributed by atoms with Crippen LogP contribution in [0, 0.1) is 11.7 Å². The minimum absolute atomic E-state index is 0.209. The Morgan fingerprint density at radius 2 is 1.75 bits per heavy atom. The maximum atomic E-state index is 12.6. The van der Waals surface area contributed by atoms with Crippen molar-refractivity contribution in [1.29, 1.82) is 0 Å². The quantitative estimate of drug-likeness (QED) is 0.742. The zero-order chi connectivity index (χ0) is 11.2. The molecule has 0 N–H and O–H groups in total. The molecule has 1 saturated carbocycles. The zero-order valence-electron chi connectivity index (χ0n) is 9.62. The van der Waals surface area contributed by atoms with Crippen molar-refractivity contribution in [2.45, 2.75) is 38.5 Å². The highest BCUT2D eigenvalue weighted by Gasteiger charge is 2.12. The highest BCUT2D eigenvalue weighted by atomic mass is 19.1. The Kier molecular flexibility index (Phi) is 4.20. The molecule has 88 valence electrons. The summed E-state index contributed by atoms with van der Waals surface area (Å²) in [6, 6.07) is 6.26. The van der Waals surface area contributed by atoms with Gasteiger partial charge >= 0.3 is 0 Å². The molecule has 16 heavy (non-hydrogen) atoms. The van der Waals surface area contributed by atoms with E-state index in [2.05, 4.69) is 0 Å². The van der Waals surface area contributed by atoms with E-state index in [9.17, 15) is 4.39 Å². The predicted octanol–water partition coefficient (Wildman–Crippen LogP) is 4.17. The Morgan fingerprint density at radius 3 is 2.44 bits per heavy atom. The smallest absolute Gasteiger partial charge is 0.123 e. The molecule has 0 atom stereocenters. The maximum absolute atomic E-state index is 12.6. The first kappa shape index (κ1) is 11.4. The summed E-state index contributed by atoms with van der Waals surface area (Å²) >= 11 is 0. The fourth-order valence-corrected chi connectivity index (χ4v) is 2.35. The molecule has 0 bridgehead atoms. The molecule has 0 saturated heterocycles. The molecule has 0 amide bonds. The summed E-state index contributed by atoms with van der Waals surface area (Å²) in [6.07, 6.45) is 7.99. The molecule has 2 heteroatoms. The third-order valence-electron chi connectivity index (χ3n) is 3.33. The molecule has 0 spiro atoms. The fourth-order valence-electron chi connectivity index (χ4n) is 2.35. The van der Waals surface area contributed by atoms with Crippen LogP contribution in [0.15, 0.2) is 24.3 Å². The Bertz CT molecular complexity index is 301. The van der Waals surface area contributed by atoms with Crippen LogP contribution < -0.4 is 4.74 Å². The molecule has 1 aliphatic rings. The van der Waals surface area contributed by atoms with Crippen LogP contribution >= 0.6 is 0 Å². The molecule has 1 aromatic rings. The zero-order valence-corrected chi connectivity index (χ0v) is 9.62. The van der Waals surface area contributed by atoms with Crippen LogP contribution in [-0.4, -0.2) is 6.61 Å². The lowest BCUT2D eigenvalue weighted by molar-refractivity contribution is 0.246. The topological polar surface area (TPSA) is 9.23 Å². The summed E-state index contributed by atoms with van der Waals surface area (Å²) in [5, 5.41) is 0. The average molecular weight is 222 g/mol. The van der Waals surface area contributed by atoms with Gasteiger partial charge in [0.25, 0.3) is 0 Å². The highest BCUT2D eigenvalue weighted by molar-refractivity contribution is 5.21. The lowest BCUT2D eigenvalue weighted by Gasteiger charge is -2.21. The molecule has 1 nitrogen and oxygen atoms in total. The number of rotatable bonds is 4. The first-order valence-corrected chi connectivity index (χ1v) is 6.23. The number of ether oxygens (including phenoxy) is 1. The first-order valence-electron chi connectivity index (χ1n) is 6.23. The second-order valence-corrected chi connectivity index (χ2v) is 4.60. The van der Waals surface area contributed by atoms with E-state index in [-0.39, 0.29) is 5.82 Å². The van der Waals surface area contributed by atoms with E-state index in [1.54, 1.807) is 12.1 Å². The molecule has 0 aromatic heterocycles. The first-order chi connectivity index (χ1) is 7.84. The van der Waals surface area contributed by atoms with Gasteiger partial charge in [-0.25, -0.2) is 4.39 Å². The van der Waals surface area contributed by atoms with Crippen molar-refractivity contribution in [3.63, 3.8) is 0 Å². The van der Waals surface area contributed by atoms with E-state index in [0.29, 0.717) is 0 Å². The molecule has 1 aromatic carbocycles. The molecule has 0 heterocycles. The fraction of sp³-hybridized carbons (Fsp3) is 0.571. The van der Waals surface area contributed by atoms with Crippen molar-refractivity contribution in [2.75, 3.05) is 6.61 Å². The Balaban J connectivity index is 1.69. The number of benzene rings is 1. The second kappa shape index (κ2) is 5.88. The summed E-state index contributed by atoms with van der Waals surface area (Å²) in [5.41, 5.74) is 0. The summed E-state index contributed by atoms with van der Waals surface area (Å²) in [5.74, 6) is 1.41. The molecule has 0 aliphatic heterocycles. The molecule has 1 fully saturated rings. The molecule has 1 aliphatic carbocycles. The van der Waals surface area contributed by atoms with Gasteiger partial charge in [-0.1, -0.05) is 32.1 Å². The van der Waals surface area contributed by atoms with Crippen LogP contribution in [0.3, 0.4) is 0 Å². The third-order valence-corrected chi connectivity index (χ3v) is 3.33. The summed E-state index contributed by atoms with van der Waals surface area (Å²) < 4.78 is 18.2. The molecule has 0 radical (unpaired) electrons. The maximum Gasteiger partial charge on any atom is 0.123 e. The van der Waals surface area contributed by atoms with Crippen molar-refractivity contribution in [3.05, 3.63) is 30.1 Å². The summed E-state index contributed by atoms with van der Waals surface area (Å²) in [6.45, 7) is 0.760. The van der Waals surface area contributed by atoms with Crippen LogP contribution in [0.5, 0.6) is 5.75 Å². The van der Waals surface area contributed by atoms with Gasteiger partial charge in [0.05, 0.1) is 6.61 Å². The van der Waals surface area contributed by atoms with Gasteiger partial charge in [-0.15, -0.1) is 0 Å². The Labute approximate surface area is 96.6 Å². The lowest BCUT2D eigenvalue weighted by atomic mass is 9.87. The average Bonchev–Trinajstić information content (AvgIpc) is 2.33. The van der Waals surface area contributed by atoms with Gasteiger partial charge in [0.15, 0.2) is 0 Å². The normalized spacial score (nSPS) is 17.3. The molecule has 0 unspecified atom stereocenters. The van der Waals surface area contributed by atoms with Crippen molar-refractivity contribution in [2.24, 2.45) is 5.92 Å². The Hall–Kier alpha value is -1.05. The number of halogens is 1. The van der Waals surface area contributed by atoms with E-state index in [1.165, 1.54) is 44.2 Å². The molecule has 2 rings (SSSR count). The van der Waals surface area contributed by atoms with E-state index in [1.807, 2.05) is 0 Å². The van der Waals surface area contributed by atoms with Gasteiger partial charge in [0.2, 0.25) is 0 Å². The monoisotopic (exact) mass is 222 g/mol. The summed E-state index contributed by atoms with van der Waals surface area (Å²) in [4.78, 5) is 0. The summed E-state index contributed by atoms with van der Waals surface area (Å²) in [7, 11) is 0. The molecular weight excluding hydrogens is 203 g/mol. The number of hydrogen-bond donors (Lipinski definition) is 0. The number of hydrogen-bond acceptors (Lipinski definition) is 1. The minimum atomic E-state index is -0.209. The largest absolute Gasteiger partial charge is 0.494 e. The third kappa shape index (κ3) is 3.51. The van der Waals surface area contributed by atoms with Crippen LogP contribution in [0.2, 0.25) is 0 Å². The van der Waals surface area contributed by atoms with Gasteiger partial charge in [0, 0.05) is 0 Å². The SMILES string of the molecule is Fc1ccc(OCCC2CCCCC2)cc1. The van der Waals surface area contributed by atoms with Crippen LogP contribution in [0.4, 0.5) is 4.39 Å². The van der Waals surface area contributed by atoms with E-state index in [0.717, 1.165) is 24.7 Å².